The van der Waals surface area contributed by atoms with Gasteiger partial charge in [0.05, 0.1) is 6.61 Å². The van der Waals surface area contributed by atoms with Crippen molar-refractivity contribution < 1.29 is 14.6 Å². The highest BCUT2D eigenvalue weighted by Gasteiger charge is 2.42. The van der Waals surface area contributed by atoms with Gasteiger partial charge in [0.15, 0.2) is 0 Å². The van der Waals surface area contributed by atoms with E-state index in [4.69, 9.17) is 9.84 Å². The molecule has 4 heteroatoms. The standard InChI is InChI=1S/C11H21NO3/c1-3-8-15-9-7-12-6-4-5-11(12,2)10(13)14/h3-9H2,1-2H3,(H,13,14). The van der Waals surface area contributed by atoms with Crippen LogP contribution in [0.3, 0.4) is 0 Å². The van der Waals surface area contributed by atoms with E-state index in [2.05, 4.69) is 6.92 Å². The van der Waals surface area contributed by atoms with Crippen LogP contribution < -0.4 is 0 Å². The minimum atomic E-state index is -0.713. The first-order valence-electron chi connectivity index (χ1n) is 5.67. The predicted molar refractivity (Wildman–Crippen MR) is 58.0 cm³/mol. The number of rotatable bonds is 6. The number of likely N-dealkylation sites (tertiary alicyclic amines) is 1. The molecule has 88 valence electrons. The molecular weight excluding hydrogens is 194 g/mol. The monoisotopic (exact) mass is 215 g/mol. The lowest BCUT2D eigenvalue weighted by atomic mass is 9.99. The van der Waals surface area contributed by atoms with Gasteiger partial charge < -0.3 is 9.84 Å². The number of carboxylic acids is 1. The van der Waals surface area contributed by atoms with Crippen LogP contribution in [0, 0.1) is 0 Å². The zero-order valence-electron chi connectivity index (χ0n) is 9.66. The molecule has 1 saturated heterocycles. The van der Waals surface area contributed by atoms with E-state index in [-0.39, 0.29) is 0 Å². The summed E-state index contributed by atoms with van der Waals surface area (Å²) >= 11 is 0. The van der Waals surface area contributed by atoms with Gasteiger partial charge in [0.2, 0.25) is 0 Å². The summed E-state index contributed by atoms with van der Waals surface area (Å²) < 4.78 is 5.38. The number of carboxylic acid groups (broad SMARTS) is 1. The molecule has 0 aromatic rings. The number of ether oxygens (including phenoxy) is 1. The van der Waals surface area contributed by atoms with E-state index in [1.807, 2.05) is 11.8 Å². The van der Waals surface area contributed by atoms with Crippen molar-refractivity contribution in [3.8, 4) is 0 Å². The lowest BCUT2D eigenvalue weighted by Gasteiger charge is -2.30. The quantitative estimate of drug-likeness (QED) is 0.679. The Kier molecular flexibility index (Phi) is 4.54. The van der Waals surface area contributed by atoms with E-state index in [1.54, 1.807) is 0 Å². The van der Waals surface area contributed by atoms with Crippen LogP contribution in [-0.2, 0) is 9.53 Å². The lowest BCUT2D eigenvalue weighted by Crippen LogP contribution is -2.49. The van der Waals surface area contributed by atoms with Crippen molar-refractivity contribution in [1.82, 2.24) is 4.90 Å². The summed E-state index contributed by atoms with van der Waals surface area (Å²) in [6.45, 7) is 6.87. The highest BCUT2D eigenvalue weighted by molar-refractivity contribution is 5.78. The van der Waals surface area contributed by atoms with E-state index in [0.717, 1.165) is 39.0 Å². The molecule has 1 fully saturated rings. The fraction of sp³-hybridized carbons (Fsp3) is 0.909. The van der Waals surface area contributed by atoms with Gasteiger partial charge >= 0.3 is 5.97 Å². The molecule has 0 saturated carbocycles. The van der Waals surface area contributed by atoms with Gasteiger partial charge in [0, 0.05) is 13.2 Å². The topological polar surface area (TPSA) is 49.8 Å². The third-order valence-electron chi connectivity index (χ3n) is 3.10. The van der Waals surface area contributed by atoms with Crippen molar-refractivity contribution in [2.75, 3.05) is 26.3 Å². The molecule has 1 heterocycles. The Morgan fingerprint density at radius 2 is 2.27 bits per heavy atom. The van der Waals surface area contributed by atoms with Gasteiger partial charge in [-0.25, -0.2) is 0 Å². The van der Waals surface area contributed by atoms with Crippen LogP contribution in [0.4, 0.5) is 0 Å². The van der Waals surface area contributed by atoms with Crippen LogP contribution in [0.25, 0.3) is 0 Å². The Hall–Kier alpha value is -0.610. The molecule has 0 amide bonds. The SMILES string of the molecule is CCCOCCN1CCCC1(C)C(=O)O. The first-order chi connectivity index (χ1) is 7.11. The summed E-state index contributed by atoms with van der Waals surface area (Å²) in [5.74, 6) is -0.713. The molecule has 1 unspecified atom stereocenters. The number of nitrogens with zero attached hydrogens (tertiary/aromatic N) is 1. The zero-order chi connectivity index (χ0) is 11.3. The normalized spacial score (nSPS) is 27.1. The Labute approximate surface area is 91.2 Å². The zero-order valence-corrected chi connectivity index (χ0v) is 9.66. The summed E-state index contributed by atoms with van der Waals surface area (Å²) in [7, 11) is 0. The third-order valence-corrected chi connectivity index (χ3v) is 3.10. The van der Waals surface area contributed by atoms with Gasteiger partial charge in [-0.15, -0.1) is 0 Å². The van der Waals surface area contributed by atoms with E-state index in [9.17, 15) is 4.79 Å². The maximum absolute atomic E-state index is 11.1. The molecular formula is C11H21NO3. The Morgan fingerprint density at radius 3 is 2.87 bits per heavy atom. The maximum Gasteiger partial charge on any atom is 0.323 e. The van der Waals surface area contributed by atoms with E-state index in [1.165, 1.54) is 0 Å². The molecule has 0 bridgehead atoms. The molecule has 1 N–H and O–H groups in total. The second-order valence-electron chi connectivity index (χ2n) is 4.28. The molecule has 1 atom stereocenters. The molecule has 1 rings (SSSR count). The average Bonchev–Trinajstić information content (AvgIpc) is 2.56. The van der Waals surface area contributed by atoms with Crippen LogP contribution in [-0.4, -0.2) is 47.8 Å². The van der Waals surface area contributed by atoms with Crippen molar-refractivity contribution >= 4 is 5.97 Å². The molecule has 0 aromatic heterocycles. The van der Waals surface area contributed by atoms with E-state index in [0.29, 0.717) is 6.61 Å². The van der Waals surface area contributed by atoms with Crippen LogP contribution in [0.1, 0.15) is 33.1 Å². The van der Waals surface area contributed by atoms with Crippen LogP contribution in [0.5, 0.6) is 0 Å². The smallest absolute Gasteiger partial charge is 0.323 e. The van der Waals surface area contributed by atoms with Crippen molar-refractivity contribution in [1.29, 1.82) is 0 Å². The summed E-state index contributed by atoms with van der Waals surface area (Å²) in [5.41, 5.74) is -0.671. The fourth-order valence-corrected chi connectivity index (χ4v) is 2.04. The Balaban J connectivity index is 2.37. The summed E-state index contributed by atoms with van der Waals surface area (Å²) in [6.07, 6.45) is 2.73. The largest absolute Gasteiger partial charge is 0.480 e. The van der Waals surface area contributed by atoms with E-state index >= 15 is 0 Å². The van der Waals surface area contributed by atoms with Crippen LogP contribution >= 0.6 is 0 Å². The number of carbonyl (C=O) groups is 1. The van der Waals surface area contributed by atoms with Crippen molar-refractivity contribution in [3.63, 3.8) is 0 Å². The van der Waals surface area contributed by atoms with Gasteiger partial charge in [0.1, 0.15) is 5.54 Å². The average molecular weight is 215 g/mol. The van der Waals surface area contributed by atoms with Gasteiger partial charge in [-0.05, 0) is 32.7 Å². The first kappa shape index (κ1) is 12.5. The van der Waals surface area contributed by atoms with Gasteiger partial charge in [-0.1, -0.05) is 6.92 Å². The van der Waals surface area contributed by atoms with Crippen LogP contribution in [0.2, 0.25) is 0 Å². The number of hydrogen-bond acceptors (Lipinski definition) is 3. The molecule has 15 heavy (non-hydrogen) atoms. The molecule has 4 nitrogen and oxygen atoms in total. The predicted octanol–water partition coefficient (Wildman–Crippen LogP) is 1.35. The summed E-state index contributed by atoms with van der Waals surface area (Å²) in [4.78, 5) is 13.2. The summed E-state index contributed by atoms with van der Waals surface area (Å²) in [5, 5.41) is 9.16. The number of aliphatic carboxylic acids is 1. The molecule has 0 spiro atoms. The van der Waals surface area contributed by atoms with Crippen molar-refractivity contribution in [2.45, 2.75) is 38.6 Å². The Morgan fingerprint density at radius 1 is 1.53 bits per heavy atom. The maximum atomic E-state index is 11.1. The minimum Gasteiger partial charge on any atom is -0.480 e. The van der Waals surface area contributed by atoms with Crippen molar-refractivity contribution in [3.05, 3.63) is 0 Å². The second-order valence-corrected chi connectivity index (χ2v) is 4.28. The third kappa shape index (κ3) is 2.92. The van der Waals surface area contributed by atoms with Gasteiger partial charge in [0.25, 0.3) is 0 Å². The first-order valence-corrected chi connectivity index (χ1v) is 5.67. The highest BCUT2D eigenvalue weighted by atomic mass is 16.5. The molecule has 0 radical (unpaired) electrons. The van der Waals surface area contributed by atoms with Crippen LogP contribution in [0.15, 0.2) is 0 Å². The molecule has 1 aliphatic rings. The number of hydrogen-bond donors (Lipinski definition) is 1. The Bertz CT molecular complexity index is 220. The molecule has 1 aliphatic heterocycles. The summed E-state index contributed by atoms with van der Waals surface area (Å²) in [6, 6.07) is 0. The minimum absolute atomic E-state index is 0.636. The van der Waals surface area contributed by atoms with E-state index < -0.39 is 11.5 Å². The van der Waals surface area contributed by atoms with Gasteiger partial charge in [-0.2, -0.15) is 0 Å². The van der Waals surface area contributed by atoms with Crippen molar-refractivity contribution in [2.24, 2.45) is 0 Å². The lowest BCUT2D eigenvalue weighted by molar-refractivity contribution is -0.148. The van der Waals surface area contributed by atoms with Gasteiger partial charge in [-0.3, -0.25) is 9.69 Å². The molecule has 0 aromatic carbocycles. The fourth-order valence-electron chi connectivity index (χ4n) is 2.04. The molecule has 0 aliphatic carbocycles. The second kappa shape index (κ2) is 5.47. The highest BCUT2D eigenvalue weighted by Crippen LogP contribution is 2.28.